The Bertz CT molecular complexity index is 1150. The fourth-order valence-electron chi connectivity index (χ4n) is 4.54. The summed E-state index contributed by atoms with van der Waals surface area (Å²) in [6, 6.07) is 11.8. The molecule has 9 nitrogen and oxygen atoms in total. The van der Waals surface area contributed by atoms with Crippen LogP contribution in [0.3, 0.4) is 0 Å². The van der Waals surface area contributed by atoms with E-state index in [0.29, 0.717) is 52.4 Å². The van der Waals surface area contributed by atoms with E-state index in [4.69, 9.17) is 4.74 Å². The number of rotatable bonds is 5. The van der Waals surface area contributed by atoms with Crippen molar-refractivity contribution in [3.05, 3.63) is 59.9 Å². The summed E-state index contributed by atoms with van der Waals surface area (Å²) in [4.78, 5) is 39.0. The van der Waals surface area contributed by atoms with Gasteiger partial charge in [0, 0.05) is 69.1 Å². The number of morpholine rings is 1. The number of para-hydroxylation sites is 1. The lowest BCUT2D eigenvalue weighted by Crippen LogP contribution is -2.53. The van der Waals surface area contributed by atoms with Gasteiger partial charge in [0.2, 0.25) is 5.91 Å². The summed E-state index contributed by atoms with van der Waals surface area (Å²) in [5.41, 5.74) is 3.06. The van der Waals surface area contributed by atoms with E-state index in [9.17, 15) is 9.59 Å². The van der Waals surface area contributed by atoms with Crippen molar-refractivity contribution in [1.29, 1.82) is 0 Å². The first-order chi connectivity index (χ1) is 16.7. The Hall–Kier alpha value is -3.59. The van der Waals surface area contributed by atoms with Crippen LogP contribution in [-0.2, 0) is 22.5 Å². The first-order valence-corrected chi connectivity index (χ1v) is 11.8. The molecule has 0 aliphatic carbocycles. The number of piperazine rings is 1. The summed E-state index contributed by atoms with van der Waals surface area (Å²) >= 11 is 0. The van der Waals surface area contributed by atoms with Gasteiger partial charge in [-0.3, -0.25) is 4.79 Å². The van der Waals surface area contributed by atoms with E-state index in [2.05, 4.69) is 20.2 Å². The normalized spacial score (nSPS) is 16.6. The van der Waals surface area contributed by atoms with Crippen molar-refractivity contribution in [2.75, 3.05) is 57.4 Å². The number of nitrogens with zero attached hydrogens (tertiary/aromatic N) is 4. The number of hydrogen-bond donors (Lipinski definition) is 2. The maximum atomic E-state index is 12.8. The van der Waals surface area contributed by atoms with Gasteiger partial charge in [0.1, 0.15) is 5.82 Å². The zero-order valence-electron chi connectivity index (χ0n) is 19.2. The molecule has 9 heteroatoms. The molecule has 2 saturated heterocycles. The third kappa shape index (κ3) is 4.99. The molecule has 0 radical (unpaired) electrons. The van der Waals surface area contributed by atoms with Gasteiger partial charge in [0.15, 0.2) is 0 Å². The molecule has 2 fully saturated rings. The molecule has 2 N–H and O–H groups in total. The minimum atomic E-state index is -0.103. The number of aromatic nitrogens is 2. The van der Waals surface area contributed by atoms with Crippen LogP contribution < -0.4 is 10.2 Å². The fraction of sp³-hybridized carbons (Fsp3) is 0.400. The lowest BCUT2D eigenvalue weighted by atomic mass is 10.1. The Morgan fingerprint density at radius 1 is 1.00 bits per heavy atom. The molecule has 0 spiro atoms. The highest BCUT2D eigenvalue weighted by Crippen LogP contribution is 2.19. The molecule has 5 rings (SSSR count). The van der Waals surface area contributed by atoms with E-state index in [1.54, 1.807) is 11.1 Å². The van der Waals surface area contributed by atoms with Crippen molar-refractivity contribution in [2.24, 2.45) is 0 Å². The largest absolute Gasteiger partial charge is 0.378 e. The summed E-state index contributed by atoms with van der Waals surface area (Å²) in [6.07, 6.45) is 4.06. The molecule has 3 amide bonds. The van der Waals surface area contributed by atoms with Crippen LogP contribution in [-0.4, -0.2) is 84.2 Å². The lowest BCUT2D eigenvalue weighted by Gasteiger charge is -2.34. The van der Waals surface area contributed by atoms with Crippen molar-refractivity contribution in [3.63, 3.8) is 0 Å². The van der Waals surface area contributed by atoms with Gasteiger partial charge in [-0.05, 0) is 29.3 Å². The molecule has 4 heterocycles. The highest BCUT2D eigenvalue weighted by Gasteiger charge is 2.24. The summed E-state index contributed by atoms with van der Waals surface area (Å²) in [5, 5.41) is 4.09. The standard InChI is InChI=1S/C25H30N6O3/c32-24(16-20-18-27-22-4-2-1-3-21(20)22)30-7-9-31(10-8-30)25(33)28-17-19-5-6-26-23(15-19)29-11-13-34-14-12-29/h1-6,15,18,27H,7-14,16-17H2,(H,28,33). The van der Waals surface area contributed by atoms with Gasteiger partial charge in [-0.25, -0.2) is 9.78 Å². The van der Waals surface area contributed by atoms with Gasteiger partial charge >= 0.3 is 6.03 Å². The van der Waals surface area contributed by atoms with E-state index in [0.717, 1.165) is 40.9 Å². The average Bonchev–Trinajstić information content (AvgIpc) is 3.31. The molecule has 0 atom stereocenters. The number of fused-ring (bicyclic) bond motifs is 1. The number of anilines is 1. The van der Waals surface area contributed by atoms with Gasteiger partial charge < -0.3 is 29.7 Å². The van der Waals surface area contributed by atoms with Gasteiger partial charge in [0.25, 0.3) is 0 Å². The topological polar surface area (TPSA) is 93.8 Å². The third-order valence-electron chi connectivity index (χ3n) is 6.52. The van der Waals surface area contributed by atoms with Crippen LogP contribution in [0.15, 0.2) is 48.8 Å². The number of ether oxygens (including phenoxy) is 1. The molecule has 0 unspecified atom stereocenters. The van der Waals surface area contributed by atoms with Crippen LogP contribution in [0.4, 0.5) is 10.6 Å². The van der Waals surface area contributed by atoms with Crippen LogP contribution in [0.2, 0.25) is 0 Å². The first-order valence-electron chi connectivity index (χ1n) is 11.8. The molecule has 0 bridgehead atoms. The number of nitrogens with one attached hydrogen (secondary N) is 2. The molecule has 3 aromatic rings. The highest BCUT2D eigenvalue weighted by molar-refractivity contribution is 5.89. The number of carbonyl (C=O) groups excluding carboxylic acids is 2. The van der Waals surface area contributed by atoms with Crippen LogP contribution in [0.5, 0.6) is 0 Å². The number of carbonyl (C=O) groups is 2. The number of aromatic amines is 1. The number of hydrogen-bond acceptors (Lipinski definition) is 5. The number of H-pyrrole nitrogens is 1. The zero-order chi connectivity index (χ0) is 23.3. The lowest BCUT2D eigenvalue weighted by molar-refractivity contribution is -0.131. The van der Waals surface area contributed by atoms with Crippen molar-refractivity contribution >= 4 is 28.7 Å². The number of benzene rings is 1. The maximum Gasteiger partial charge on any atom is 0.317 e. The molecule has 0 saturated carbocycles. The summed E-state index contributed by atoms with van der Waals surface area (Å²) in [6.45, 7) is 5.66. The summed E-state index contributed by atoms with van der Waals surface area (Å²) < 4.78 is 5.40. The summed E-state index contributed by atoms with van der Waals surface area (Å²) in [7, 11) is 0. The number of pyridine rings is 1. The highest BCUT2D eigenvalue weighted by atomic mass is 16.5. The Kier molecular flexibility index (Phi) is 6.62. The minimum Gasteiger partial charge on any atom is -0.378 e. The first kappa shape index (κ1) is 22.2. The predicted octanol–water partition coefficient (Wildman–Crippen LogP) is 2.00. The molecule has 34 heavy (non-hydrogen) atoms. The van der Waals surface area contributed by atoms with Crippen LogP contribution in [0.25, 0.3) is 10.9 Å². The minimum absolute atomic E-state index is 0.0947. The zero-order valence-corrected chi connectivity index (χ0v) is 19.2. The molecule has 2 aliphatic heterocycles. The second kappa shape index (κ2) is 10.1. The van der Waals surface area contributed by atoms with E-state index in [-0.39, 0.29) is 11.9 Å². The predicted molar refractivity (Wildman–Crippen MR) is 130 cm³/mol. The molecule has 1 aromatic carbocycles. The molecule has 178 valence electrons. The quantitative estimate of drug-likeness (QED) is 0.605. The van der Waals surface area contributed by atoms with E-state index >= 15 is 0 Å². The van der Waals surface area contributed by atoms with Gasteiger partial charge in [-0.15, -0.1) is 0 Å². The monoisotopic (exact) mass is 462 g/mol. The number of amides is 3. The second-order valence-electron chi connectivity index (χ2n) is 8.68. The van der Waals surface area contributed by atoms with Crippen LogP contribution >= 0.6 is 0 Å². The van der Waals surface area contributed by atoms with Crippen molar-refractivity contribution in [3.8, 4) is 0 Å². The average molecular weight is 463 g/mol. The molecular weight excluding hydrogens is 432 g/mol. The molecular formula is C25H30N6O3. The van der Waals surface area contributed by atoms with Crippen LogP contribution in [0.1, 0.15) is 11.1 Å². The van der Waals surface area contributed by atoms with Crippen LogP contribution in [0, 0.1) is 0 Å². The van der Waals surface area contributed by atoms with Crippen molar-refractivity contribution in [1.82, 2.24) is 25.1 Å². The van der Waals surface area contributed by atoms with Gasteiger partial charge in [-0.1, -0.05) is 18.2 Å². The second-order valence-corrected chi connectivity index (χ2v) is 8.68. The Balaban J connectivity index is 1.09. The van der Waals surface area contributed by atoms with Gasteiger partial charge in [-0.2, -0.15) is 0 Å². The van der Waals surface area contributed by atoms with E-state index in [1.165, 1.54) is 0 Å². The van der Waals surface area contributed by atoms with E-state index < -0.39 is 0 Å². The smallest absolute Gasteiger partial charge is 0.317 e. The van der Waals surface area contributed by atoms with E-state index in [1.807, 2.05) is 47.5 Å². The van der Waals surface area contributed by atoms with Crippen molar-refractivity contribution in [2.45, 2.75) is 13.0 Å². The SMILES string of the molecule is O=C(Cc1c[nH]c2ccccc12)N1CCN(C(=O)NCc2ccnc(N3CCOCC3)c2)CC1. The summed E-state index contributed by atoms with van der Waals surface area (Å²) in [5.74, 6) is 1.01. The maximum absolute atomic E-state index is 12.8. The Morgan fingerprint density at radius 2 is 1.76 bits per heavy atom. The fourth-order valence-corrected chi connectivity index (χ4v) is 4.54. The van der Waals surface area contributed by atoms with Gasteiger partial charge in [0.05, 0.1) is 19.6 Å². The van der Waals surface area contributed by atoms with Crippen molar-refractivity contribution < 1.29 is 14.3 Å². The Morgan fingerprint density at radius 3 is 2.59 bits per heavy atom. The number of urea groups is 1. The molecule has 2 aliphatic rings. The molecule has 2 aromatic heterocycles. The Labute approximate surface area is 198 Å². The third-order valence-corrected chi connectivity index (χ3v) is 6.52.